The zero-order chi connectivity index (χ0) is 19.3. The second-order valence-electron chi connectivity index (χ2n) is 7.12. The van der Waals surface area contributed by atoms with Gasteiger partial charge in [0.15, 0.2) is 5.78 Å². The molecule has 0 aromatic heterocycles. The average Bonchev–Trinajstić information content (AvgIpc) is 2.60. The van der Waals surface area contributed by atoms with Crippen LogP contribution in [0.1, 0.15) is 36.7 Å². The van der Waals surface area contributed by atoms with Crippen LogP contribution in [0.25, 0.3) is 0 Å². The predicted octanol–water partition coefficient (Wildman–Crippen LogP) is 4.22. The molecular formula is C21H22N2O3. The SMILES string of the molecule is Cc1ccc(N(CC(=O)C(C)(C)C)C(=O)c2ccccc2N=C=O)cc1. The smallest absolute Gasteiger partial charge is 0.260 e. The van der Waals surface area contributed by atoms with Gasteiger partial charge in [-0.15, -0.1) is 0 Å². The maximum Gasteiger partial charge on any atom is 0.260 e. The molecule has 0 fully saturated rings. The highest BCUT2D eigenvalue weighted by atomic mass is 16.2. The van der Waals surface area contributed by atoms with Gasteiger partial charge in [0.25, 0.3) is 5.91 Å². The van der Waals surface area contributed by atoms with Gasteiger partial charge < -0.3 is 4.90 Å². The van der Waals surface area contributed by atoms with Gasteiger partial charge in [0.05, 0.1) is 17.8 Å². The van der Waals surface area contributed by atoms with E-state index in [1.807, 2.05) is 39.8 Å². The van der Waals surface area contributed by atoms with Gasteiger partial charge in [-0.25, -0.2) is 4.79 Å². The third kappa shape index (κ3) is 4.52. The molecule has 0 aliphatic heterocycles. The number of anilines is 1. The number of aryl methyl sites for hydroxylation is 1. The topological polar surface area (TPSA) is 66.8 Å². The zero-order valence-corrected chi connectivity index (χ0v) is 15.4. The van der Waals surface area contributed by atoms with E-state index in [0.717, 1.165) is 5.56 Å². The molecule has 0 aliphatic carbocycles. The van der Waals surface area contributed by atoms with E-state index >= 15 is 0 Å². The highest BCUT2D eigenvalue weighted by molar-refractivity contribution is 6.12. The first-order valence-electron chi connectivity index (χ1n) is 8.33. The molecule has 1 amide bonds. The van der Waals surface area contributed by atoms with E-state index in [-0.39, 0.29) is 29.5 Å². The lowest BCUT2D eigenvalue weighted by molar-refractivity contribution is -0.124. The molecule has 0 heterocycles. The number of nitrogens with zero attached hydrogens (tertiary/aromatic N) is 2. The van der Waals surface area contributed by atoms with E-state index in [4.69, 9.17) is 0 Å². The molecule has 2 rings (SSSR count). The fourth-order valence-electron chi connectivity index (χ4n) is 2.33. The molecule has 0 N–H and O–H groups in total. The van der Waals surface area contributed by atoms with Crippen molar-refractivity contribution in [2.24, 2.45) is 10.4 Å². The number of ketones is 1. The Morgan fingerprint density at radius 3 is 2.23 bits per heavy atom. The first-order chi connectivity index (χ1) is 12.2. The van der Waals surface area contributed by atoms with Gasteiger partial charge in [-0.2, -0.15) is 4.99 Å². The highest BCUT2D eigenvalue weighted by Gasteiger charge is 2.28. The quantitative estimate of drug-likeness (QED) is 0.599. The number of amides is 1. The minimum absolute atomic E-state index is 0.0649. The second kappa shape index (κ2) is 7.89. The number of hydrogen-bond acceptors (Lipinski definition) is 4. The van der Waals surface area contributed by atoms with Crippen LogP contribution in [0.3, 0.4) is 0 Å². The Kier molecular flexibility index (Phi) is 5.86. The van der Waals surface area contributed by atoms with Crippen LogP contribution < -0.4 is 4.90 Å². The van der Waals surface area contributed by atoms with Gasteiger partial charge in [0, 0.05) is 11.1 Å². The summed E-state index contributed by atoms with van der Waals surface area (Å²) >= 11 is 0. The largest absolute Gasteiger partial charge is 0.301 e. The summed E-state index contributed by atoms with van der Waals surface area (Å²) in [5, 5.41) is 0. The highest BCUT2D eigenvalue weighted by Crippen LogP contribution is 2.25. The molecule has 0 atom stereocenters. The van der Waals surface area contributed by atoms with Crippen molar-refractivity contribution >= 4 is 29.1 Å². The van der Waals surface area contributed by atoms with Gasteiger partial charge >= 0.3 is 0 Å². The molecule has 134 valence electrons. The summed E-state index contributed by atoms with van der Waals surface area (Å²) in [4.78, 5) is 41.4. The molecule has 26 heavy (non-hydrogen) atoms. The lowest BCUT2D eigenvalue weighted by Crippen LogP contribution is -2.40. The standard InChI is InChI=1S/C21H22N2O3/c1-15-9-11-16(12-10-15)23(13-19(25)21(2,3)4)20(26)17-7-5-6-8-18(17)22-14-24/h5-12H,13H2,1-4H3. The minimum atomic E-state index is -0.580. The van der Waals surface area contributed by atoms with E-state index in [9.17, 15) is 14.4 Å². The lowest BCUT2D eigenvalue weighted by Gasteiger charge is -2.26. The van der Waals surface area contributed by atoms with Crippen LogP contribution in [0.15, 0.2) is 53.5 Å². The van der Waals surface area contributed by atoms with Gasteiger partial charge in [-0.05, 0) is 31.2 Å². The number of rotatable bonds is 5. The fraction of sp³-hybridized carbons (Fsp3) is 0.286. The molecule has 2 aromatic carbocycles. The minimum Gasteiger partial charge on any atom is -0.301 e. The maximum absolute atomic E-state index is 13.2. The molecule has 0 saturated carbocycles. The van der Waals surface area contributed by atoms with Crippen LogP contribution in [0.5, 0.6) is 0 Å². The van der Waals surface area contributed by atoms with Crippen molar-refractivity contribution in [1.29, 1.82) is 0 Å². The molecule has 0 aliphatic rings. The van der Waals surface area contributed by atoms with Gasteiger partial charge in [-0.3, -0.25) is 9.59 Å². The van der Waals surface area contributed by atoms with Crippen molar-refractivity contribution in [3.63, 3.8) is 0 Å². The van der Waals surface area contributed by atoms with E-state index in [1.165, 1.54) is 11.0 Å². The maximum atomic E-state index is 13.2. The van der Waals surface area contributed by atoms with E-state index in [0.29, 0.717) is 5.69 Å². The summed E-state index contributed by atoms with van der Waals surface area (Å²) in [5.74, 6) is -0.455. The second-order valence-corrected chi connectivity index (χ2v) is 7.12. The Hall–Kier alpha value is -3.04. The van der Waals surface area contributed by atoms with Gasteiger partial charge in [0.2, 0.25) is 6.08 Å². The van der Waals surface area contributed by atoms with Crippen molar-refractivity contribution in [2.75, 3.05) is 11.4 Å². The molecule has 0 spiro atoms. The third-order valence-corrected chi connectivity index (χ3v) is 4.03. The number of para-hydroxylation sites is 1. The molecule has 0 unspecified atom stereocenters. The summed E-state index contributed by atoms with van der Waals surface area (Å²) in [7, 11) is 0. The number of Topliss-reactive ketones (excluding diaryl/α,β-unsaturated/α-hetero) is 1. The van der Waals surface area contributed by atoms with Crippen molar-refractivity contribution in [3.8, 4) is 0 Å². The van der Waals surface area contributed by atoms with Crippen molar-refractivity contribution in [2.45, 2.75) is 27.7 Å². The Morgan fingerprint density at radius 2 is 1.65 bits per heavy atom. The number of aliphatic imine (C=N–C) groups is 1. The normalized spacial score (nSPS) is 10.8. The van der Waals surface area contributed by atoms with Crippen molar-refractivity contribution < 1.29 is 14.4 Å². The molecule has 0 radical (unpaired) electrons. The van der Waals surface area contributed by atoms with E-state index in [2.05, 4.69) is 4.99 Å². The molecule has 5 nitrogen and oxygen atoms in total. The Morgan fingerprint density at radius 1 is 1.04 bits per heavy atom. The summed E-state index contributed by atoms with van der Waals surface area (Å²) in [6.45, 7) is 7.34. The van der Waals surface area contributed by atoms with Crippen LogP contribution in [0.4, 0.5) is 11.4 Å². The van der Waals surface area contributed by atoms with E-state index in [1.54, 1.807) is 36.4 Å². The first kappa shape index (κ1) is 19.3. The molecule has 5 heteroatoms. The number of carbonyl (C=O) groups excluding carboxylic acids is 3. The van der Waals surface area contributed by atoms with Gasteiger partial charge in [-0.1, -0.05) is 50.6 Å². The number of hydrogen-bond donors (Lipinski definition) is 0. The number of benzene rings is 2. The number of isocyanates is 1. The third-order valence-electron chi connectivity index (χ3n) is 4.03. The average molecular weight is 350 g/mol. The molecule has 0 saturated heterocycles. The van der Waals surface area contributed by atoms with Crippen LogP contribution in [0.2, 0.25) is 0 Å². The Labute approximate surface area is 153 Å². The fourth-order valence-corrected chi connectivity index (χ4v) is 2.33. The predicted molar refractivity (Wildman–Crippen MR) is 102 cm³/mol. The lowest BCUT2D eigenvalue weighted by atomic mass is 9.90. The van der Waals surface area contributed by atoms with E-state index < -0.39 is 5.41 Å². The number of carbonyl (C=O) groups is 2. The monoisotopic (exact) mass is 350 g/mol. The van der Waals surface area contributed by atoms with Crippen LogP contribution in [0, 0.1) is 12.3 Å². The molecule has 2 aromatic rings. The summed E-state index contributed by atoms with van der Waals surface area (Å²) in [6.07, 6.45) is 1.47. The summed E-state index contributed by atoms with van der Waals surface area (Å²) < 4.78 is 0. The Bertz CT molecular complexity index is 858. The summed E-state index contributed by atoms with van der Waals surface area (Å²) in [6, 6.07) is 13.9. The van der Waals surface area contributed by atoms with Crippen LogP contribution >= 0.6 is 0 Å². The zero-order valence-electron chi connectivity index (χ0n) is 15.4. The van der Waals surface area contributed by atoms with Crippen molar-refractivity contribution in [3.05, 3.63) is 59.7 Å². The van der Waals surface area contributed by atoms with Gasteiger partial charge in [0.1, 0.15) is 0 Å². The molecule has 0 bridgehead atoms. The molecular weight excluding hydrogens is 328 g/mol. The van der Waals surface area contributed by atoms with Crippen LogP contribution in [-0.2, 0) is 9.59 Å². The first-order valence-corrected chi connectivity index (χ1v) is 8.33. The summed E-state index contributed by atoms with van der Waals surface area (Å²) in [5.41, 5.74) is 1.56. The van der Waals surface area contributed by atoms with Crippen LogP contribution in [-0.4, -0.2) is 24.3 Å². The van der Waals surface area contributed by atoms with Crippen molar-refractivity contribution in [1.82, 2.24) is 0 Å². The Balaban J connectivity index is 2.49.